The van der Waals surface area contributed by atoms with E-state index in [4.69, 9.17) is 19.3 Å². The van der Waals surface area contributed by atoms with Crippen LogP contribution in [0.25, 0.3) is 5.57 Å². The molecule has 2 aliphatic rings. The Morgan fingerprint density at radius 2 is 1.98 bits per heavy atom. The van der Waals surface area contributed by atoms with Crippen molar-refractivity contribution >= 4 is 21.4 Å². The molecule has 0 spiro atoms. The second kappa shape index (κ2) is 12.7. The predicted molar refractivity (Wildman–Crippen MR) is 155 cm³/mol. The monoisotopic (exact) mass is 567 g/mol. The average molecular weight is 568 g/mol. The number of carbonyl (C=O) groups is 1. The van der Waals surface area contributed by atoms with Crippen LogP contribution in [0.3, 0.4) is 0 Å². The highest BCUT2D eigenvalue weighted by Crippen LogP contribution is 2.38. The summed E-state index contributed by atoms with van der Waals surface area (Å²) in [5.74, 6) is 0.884. The van der Waals surface area contributed by atoms with Gasteiger partial charge in [-0.3, -0.25) is 4.79 Å². The number of hydrogen-bond donors (Lipinski definition) is 1. The van der Waals surface area contributed by atoms with Crippen molar-refractivity contribution in [2.75, 3.05) is 25.2 Å². The number of aromatic nitrogens is 1. The second-order valence-corrected chi connectivity index (χ2v) is 12.8. The first-order chi connectivity index (χ1) is 19.0. The molecule has 0 bridgehead atoms. The lowest BCUT2D eigenvalue weighted by Crippen LogP contribution is -2.16. The molecule has 2 atom stereocenters. The van der Waals surface area contributed by atoms with E-state index in [1.54, 1.807) is 12.3 Å². The Labute approximate surface area is 236 Å². The highest BCUT2D eigenvalue weighted by molar-refractivity contribution is 7.90. The highest BCUT2D eigenvalue weighted by atomic mass is 32.2. The van der Waals surface area contributed by atoms with Crippen LogP contribution < -0.4 is 14.2 Å². The molecule has 0 saturated heterocycles. The number of fused-ring (bicyclic) bond motifs is 1. The number of nitrogens with zero attached hydrogens (tertiary/aromatic N) is 1. The lowest BCUT2D eigenvalue weighted by molar-refractivity contribution is -0.137. The zero-order chi connectivity index (χ0) is 28.9. The number of benzene rings is 1. The molecule has 9 heteroatoms. The standard InChI is InChI=1S/C31H37NO7S/c1-20-10-11-24(39-29-17-28-27(18-32-29)23(19-38-28)16-30(33)34)8-5-6-9-26(20)31-21(2)14-25(15-22(31)3)37-12-7-13-40(4,35)36/h5-6,9,14-15,17-18,23-24H,1,7-8,10-13,16,19H2,2-4H3,(H,33,34)/b6-5-,26-9+/t23-,24-/m1/s1. The molecule has 40 heavy (non-hydrogen) atoms. The first-order valence-electron chi connectivity index (χ1n) is 13.5. The number of hydrogen-bond acceptors (Lipinski definition) is 7. The van der Waals surface area contributed by atoms with Gasteiger partial charge in [0.25, 0.3) is 0 Å². The van der Waals surface area contributed by atoms with Crippen LogP contribution >= 0.6 is 0 Å². The van der Waals surface area contributed by atoms with E-state index in [0.717, 1.165) is 52.0 Å². The van der Waals surface area contributed by atoms with E-state index in [-0.39, 0.29) is 24.2 Å². The molecule has 1 aromatic heterocycles. The Kier molecular flexibility index (Phi) is 9.35. The van der Waals surface area contributed by atoms with Gasteiger partial charge in [0.2, 0.25) is 5.88 Å². The van der Waals surface area contributed by atoms with Gasteiger partial charge in [0.1, 0.15) is 27.4 Å². The molecule has 0 unspecified atom stereocenters. The van der Waals surface area contributed by atoms with Crippen LogP contribution in [0.15, 0.2) is 54.8 Å². The van der Waals surface area contributed by atoms with Gasteiger partial charge >= 0.3 is 5.97 Å². The topological polar surface area (TPSA) is 112 Å². The molecular weight excluding hydrogens is 530 g/mol. The molecule has 2 aromatic rings. The summed E-state index contributed by atoms with van der Waals surface area (Å²) >= 11 is 0. The first-order valence-corrected chi connectivity index (χ1v) is 15.5. The molecule has 0 fully saturated rings. The number of pyridine rings is 1. The molecule has 0 saturated carbocycles. The van der Waals surface area contributed by atoms with Gasteiger partial charge in [-0.15, -0.1) is 0 Å². The summed E-state index contributed by atoms with van der Waals surface area (Å²) in [4.78, 5) is 15.5. The summed E-state index contributed by atoms with van der Waals surface area (Å²) in [7, 11) is -3.00. The molecule has 2 heterocycles. The summed E-state index contributed by atoms with van der Waals surface area (Å²) < 4.78 is 40.5. The van der Waals surface area contributed by atoms with E-state index < -0.39 is 15.8 Å². The Bertz CT molecular complexity index is 1420. The van der Waals surface area contributed by atoms with Crippen LogP contribution in [0.1, 0.15) is 60.3 Å². The van der Waals surface area contributed by atoms with Gasteiger partial charge in [-0.2, -0.15) is 0 Å². The van der Waals surface area contributed by atoms with E-state index >= 15 is 0 Å². The number of carboxylic acid groups (broad SMARTS) is 1. The van der Waals surface area contributed by atoms with Crippen molar-refractivity contribution in [2.24, 2.45) is 0 Å². The summed E-state index contributed by atoms with van der Waals surface area (Å²) in [6, 6.07) is 5.73. The Hall–Kier alpha value is -3.59. The summed E-state index contributed by atoms with van der Waals surface area (Å²) in [5.41, 5.74) is 6.14. The molecule has 214 valence electrons. The van der Waals surface area contributed by atoms with Crippen molar-refractivity contribution in [2.45, 2.75) is 58.0 Å². The van der Waals surface area contributed by atoms with Crippen LogP contribution in [-0.4, -0.2) is 55.8 Å². The third kappa shape index (κ3) is 7.75. The van der Waals surface area contributed by atoms with E-state index in [2.05, 4.69) is 23.7 Å². The normalized spacial score (nSPS) is 21.2. The maximum absolute atomic E-state index is 11.4. The SMILES string of the molecule is C=C1CC[C@H](Oc2cc3c(cn2)[C@H](CC(=O)O)CO3)C/C=C\C=C/1c1c(C)cc(OCCCS(C)(=O)=O)cc1C. The summed E-state index contributed by atoms with van der Waals surface area (Å²) in [6.07, 6.45) is 11.7. The second-order valence-electron chi connectivity index (χ2n) is 10.6. The molecule has 1 aromatic carbocycles. The van der Waals surface area contributed by atoms with Gasteiger partial charge in [0, 0.05) is 36.4 Å². The lowest BCUT2D eigenvalue weighted by Gasteiger charge is -2.20. The van der Waals surface area contributed by atoms with Crippen LogP contribution in [0, 0.1) is 13.8 Å². The van der Waals surface area contributed by atoms with E-state index in [1.165, 1.54) is 6.26 Å². The highest BCUT2D eigenvalue weighted by Gasteiger charge is 2.28. The van der Waals surface area contributed by atoms with E-state index in [1.807, 2.05) is 32.1 Å². The first kappa shape index (κ1) is 29.4. The van der Waals surface area contributed by atoms with Crippen molar-refractivity contribution in [3.63, 3.8) is 0 Å². The maximum atomic E-state index is 11.4. The van der Waals surface area contributed by atoms with Gasteiger partial charge in [-0.1, -0.05) is 24.8 Å². The quantitative estimate of drug-likeness (QED) is 0.370. The molecule has 0 amide bonds. The van der Waals surface area contributed by atoms with E-state index in [0.29, 0.717) is 37.7 Å². The van der Waals surface area contributed by atoms with Crippen LogP contribution in [-0.2, 0) is 14.6 Å². The fourth-order valence-corrected chi connectivity index (χ4v) is 5.81. The molecule has 0 radical (unpaired) electrons. The third-order valence-corrected chi connectivity index (χ3v) is 8.14. The largest absolute Gasteiger partial charge is 0.494 e. The van der Waals surface area contributed by atoms with Crippen LogP contribution in [0.5, 0.6) is 17.4 Å². The van der Waals surface area contributed by atoms with Crippen LogP contribution in [0.4, 0.5) is 0 Å². The van der Waals surface area contributed by atoms with Crippen molar-refractivity contribution in [1.82, 2.24) is 4.98 Å². The predicted octanol–water partition coefficient (Wildman–Crippen LogP) is 5.59. The molecule has 1 aliphatic carbocycles. The Balaban J connectivity index is 1.40. The van der Waals surface area contributed by atoms with Crippen molar-refractivity contribution in [3.05, 3.63) is 77.0 Å². The van der Waals surface area contributed by atoms with Gasteiger partial charge in [0.05, 0.1) is 25.4 Å². The molecule has 8 nitrogen and oxygen atoms in total. The van der Waals surface area contributed by atoms with Crippen molar-refractivity contribution < 1.29 is 32.5 Å². The number of allylic oxidation sites excluding steroid dienone is 4. The number of aliphatic carboxylic acids is 1. The van der Waals surface area contributed by atoms with Gasteiger partial charge in [0.15, 0.2) is 0 Å². The fourth-order valence-electron chi connectivity index (χ4n) is 5.17. The smallest absolute Gasteiger partial charge is 0.304 e. The molecular formula is C31H37NO7S. The van der Waals surface area contributed by atoms with Crippen molar-refractivity contribution in [1.29, 1.82) is 0 Å². The summed E-state index contributed by atoms with van der Waals surface area (Å²) in [5, 5.41) is 9.12. The lowest BCUT2D eigenvalue weighted by atomic mass is 9.89. The van der Waals surface area contributed by atoms with Crippen LogP contribution in [0.2, 0.25) is 0 Å². The van der Waals surface area contributed by atoms with Gasteiger partial charge in [-0.25, -0.2) is 13.4 Å². The minimum atomic E-state index is -3.00. The molecule has 4 rings (SSSR count). The zero-order valence-corrected chi connectivity index (χ0v) is 24.1. The molecule has 1 aliphatic heterocycles. The Morgan fingerprint density at radius 1 is 1.23 bits per heavy atom. The Morgan fingerprint density at radius 3 is 2.67 bits per heavy atom. The van der Waals surface area contributed by atoms with Gasteiger partial charge in [-0.05, 0) is 73.1 Å². The number of aryl methyl sites for hydroxylation is 2. The number of sulfone groups is 1. The van der Waals surface area contributed by atoms with Crippen molar-refractivity contribution in [3.8, 4) is 17.4 Å². The number of ether oxygens (including phenoxy) is 3. The minimum absolute atomic E-state index is 0.0137. The number of rotatable bonds is 10. The maximum Gasteiger partial charge on any atom is 0.304 e. The third-order valence-electron chi connectivity index (χ3n) is 7.11. The van der Waals surface area contributed by atoms with E-state index in [9.17, 15) is 13.2 Å². The fraction of sp³-hybridized carbons (Fsp3) is 0.419. The summed E-state index contributed by atoms with van der Waals surface area (Å²) in [6.45, 7) is 9.17. The zero-order valence-electron chi connectivity index (χ0n) is 23.3. The average Bonchev–Trinajstić information content (AvgIpc) is 3.28. The van der Waals surface area contributed by atoms with Gasteiger partial charge < -0.3 is 19.3 Å². The number of carboxylic acids is 1. The molecule has 1 N–H and O–H groups in total. The minimum Gasteiger partial charge on any atom is -0.494 e.